The molecule has 0 radical (unpaired) electrons. The lowest BCUT2D eigenvalue weighted by atomic mass is 9.78. The molecule has 108 valence electrons. The minimum atomic E-state index is -0.171. The number of amides is 1. The molecule has 2 saturated heterocycles. The number of nitrogens with zero attached hydrogens (tertiary/aromatic N) is 1. The highest BCUT2D eigenvalue weighted by atomic mass is 16.3. The van der Waals surface area contributed by atoms with E-state index in [-0.39, 0.29) is 12.0 Å². The summed E-state index contributed by atoms with van der Waals surface area (Å²) in [5.41, 5.74) is 0.363. The monoisotopic (exact) mass is 266 g/mol. The van der Waals surface area contributed by atoms with Crippen molar-refractivity contribution in [2.75, 3.05) is 26.2 Å². The lowest BCUT2D eigenvalue weighted by Crippen LogP contribution is -2.49. The van der Waals surface area contributed by atoms with E-state index in [1.54, 1.807) is 0 Å². The SMILES string of the molecule is O=C(C1CCC(O)CC1)N1CCC[C@]2(CCNC2)C1. The van der Waals surface area contributed by atoms with Crippen molar-refractivity contribution in [1.82, 2.24) is 10.2 Å². The van der Waals surface area contributed by atoms with Crippen LogP contribution < -0.4 is 5.32 Å². The molecule has 0 bridgehead atoms. The molecule has 0 aromatic heterocycles. The van der Waals surface area contributed by atoms with Crippen LogP contribution in [-0.4, -0.2) is 48.2 Å². The maximum absolute atomic E-state index is 12.6. The maximum atomic E-state index is 12.6. The topological polar surface area (TPSA) is 52.6 Å². The predicted octanol–water partition coefficient (Wildman–Crippen LogP) is 1.14. The molecule has 1 amide bonds. The number of nitrogens with one attached hydrogen (secondary N) is 1. The fourth-order valence-corrected chi connectivity index (χ4v) is 4.12. The number of aliphatic hydroxyl groups excluding tert-OH is 1. The Hall–Kier alpha value is -0.610. The molecule has 1 aliphatic carbocycles. The summed E-state index contributed by atoms with van der Waals surface area (Å²) in [5, 5.41) is 13.0. The fourth-order valence-electron chi connectivity index (χ4n) is 4.12. The number of hydrogen-bond acceptors (Lipinski definition) is 3. The summed E-state index contributed by atoms with van der Waals surface area (Å²) in [7, 11) is 0. The van der Waals surface area contributed by atoms with Crippen molar-refractivity contribution in [3.05, 3.63) is 0 Å². The van der Waals surface area contributed by atoms with Crippen LogP contribution in [0.15, 0.2) is 0 Å². The quantitative estimate of drug-likeness (QED) is 0.748. The summed E-state index contributed by atoms with van der Waals surface area (Å²) in [6, 6.07) is 0. The van der Waals surface area contributed by atoms with E-state index < -0.39 is 0 Å². The smallest absolute Gasteiger partial charge is 0.225 e. The van der Waals surface area contributed by atoms with E-state index >= 15 is 0 Å². The molecule has 4 nitrogen and oxygen atoms in total. The number of piperidine rings is 1. The van der Waals surface area contributed by atoms with Gasteiger partial charge in [-0.15, -0.1) is 0 Å². The van der Waals surface area contributed by atoms with Gasteiger partial charge in [0.25, 0.3) is 0 Å². The van der Waals surface area contributed by atoms with Gasteiger partial charge in [0, 0.05) is 31.0 Å². The first-order valence-electron chi connectivity index (χ1n) is 7.86. The average molecular weight is 266 g/mol. The Kier molecular flexibility index (Phi) is 3.81. The van der Waals surface area contributed by atoms with Crippen LogP contribution in [0.2, 0.25) is 0 Å². The van der Waals surface area contributed by atoms with Crippen molar-refractivity contribution in [2.24, 2.45) is 11.3 Å². The molecular weight excluding hydrogens is 240 g/mol. The highest BCUT2D eigenvalue weighted by Crippen LogP contribution is 2.37. The van der Waals surface area contributed by atoms with Gasteiger partial charge in [0.1, 0.15) is 0 Å². The molecule has 0 aromatic rings. The molecule has 1 spiro atoms. The Balaban J connectivity index is 1.60. The van der Waals surface area contributed by atoms with Gasteiger partial charge in [-0.2, -0.15) is 0 Å². The second-order valence-corrected chi connectivity index (χ2v) is 6.80. The number of rotatable bonds is 1. The minimum Gasteiger partial charge on any atom is -0.393 e. The van der Waals surface area contributed by atoms with E-state index in [2.05, 4.69) is 10.2 Å². The second kappa shape index (κ2) is 5.41. The van der Waals surface area contributed by atoms with Crippen molar-refractivity contribution in [3.63, 3.8) is 0 Å². The summed E-state index contributed by atoms with van der Waals surface area (Å²) in [6.07, 6.45) is 6.84. The zero-order valence-electron chi connectivity index (χ0n) is 11.7. The molecule has 2 aliphatic heterocycles. The van der Waals surface area contributed by atoms with Crippen molar-refractivity contribution in [1.29, 1.82) is 0 Å². The van der Waals surface area contributed by atoms with Crippen molar-refractivity contribution >= 4 is 5.91 Å². The Labute approximate surface area is 115 Å². The van der Waals surface area contributed by atoms with Crippen LogP contribution in [0, 0.1) is 11.3 Å². The zero-order valence-corrected chi connectivity index (χ0v) is 11.7. The van der Waals surface area contributed by atoms with Gasteiger partial charge < -0.3 is 15.3 Å². The van der Waals surface area contributed by atoms with Crippen LogP contribution in [0.5, 0.6) is 0 Å². The number of likely N-dealkylation sites (tertiary alicyclic amines) is 1. The first-order valence-corrected chi connectivity index (χ1v) is 7.86. The summed E-state index contributed by atoms with van der Waals surface area (Å²) in [6.45, 7) is 4.09. The van der Waals surface area contributed by atoms with Gasteiger partial charge in [-0.3, -0.25) is 4.79 Å². The van der Waals surface area contributed by atoms with Crippen LogP contribution >= 0.6 is 0 Å². The van der Waals surface area contributed by atoms with Crippen LogP contribution in [0.3, 0.4) is 0 Å². The Morgan fingerprint density at radius 3 is 2.68 bits per heavy atom. The molecule has 0 unspecified atom stereocenters. The zero-order chi connectivity index (χ0) is 13.3. The van der Waals surface area contributed by atoms with E-state index in [9.17, 15) is 9.90 Å². The summed E-state index contributed by atoms with van der Waals surface area (Å²) in [4.78, 5) is 14.7. The Bertz CT molecular complexity index is 331. The molecule has 0 aromatic carbocycles. The number of hydrogen-bond donors (Lipinski definition) is 2. The first-order chi connectivity index (χ1) is 9.19. The molecule has 1 atom stereocenters. The van der Waals surface area contributed by atoms with Crippen molar-refractivity contribution in [3.8, 4) is 0 Å². The molecular formula is C15H26N2O2. The van der Waals surface area contributed by atoms with Gasteiger partial charge in [0.2, 0.25) is 5.91 Å². The van der Waals surface area contributed by atoms with E-state index in [1.165, 1.54) is 12.8 Å². The normalized spacial score (nSPS) is 39.7. The molecule has 2 N–H and O–H groups in total. The maximum Gasteiger partial charge on any atom is 0.225 e. The van der Waals surface area contributed by atoms with E-state index in [1.807, 2.05) is 0 Å². The van der Waals surface area contributed by atoms with Crippen molar-refractivity contribution in [2.45, 2.75) is 51.0 Å². The largest absolute Gasteiger partial charge is 0.393 e. The lowest BCUT2D eigenvalue weighted by molar-refractivity contribution is -0.140. The molecule has 3 rings (SSSR count). The summed E-state index contributed by atoms with van der Waals surface area (Å²) >= 11 is 0. The number of carbonyl (C=O) groups is 1. The average Bonchev–Trinajstić information content (AvgIpc) is 2.87. The van der Waals surface area contributed by atoms with Crippen LogP contribution in [0.1, 0.15) is 44.9 Å². The molecule has 19 heavy (non-hydrogen) atoms. The highest BCUT2D eigenvalue weighted by Gasteiger charge is 2.40. The lowest BCUT2D eigenvalue weighted by Gasteiger charge is -2.42. The third-order valence-corrected chi connectivity index (χ3v) is 5.35. The van der Waals surface area contributed by atoms with Gasteiger partial charge in [0.15, 0.2) is 0 Å². The number of aliphatic hydroxyl groups is 1. The number of carbonyl (C=O) groups excluding carboxylic acids is 1. The molecule has 3 fully saturated rings. The molecule has 1 saturated carbocycles. The third kappa shape index (κ3) is 2.79. The first kappa shape index (κ1) is 13.4. The van der Waals surface area contributed by atoms with Crippen LogP contribution in [0.25, 0.3) is 0 Å². The van der Waals surface area contributed by atoms with E-state index in [0.29, 0.717) is 11.3 Å². The fraction of sp³-hybridized carbons (Fsp3) is 0.933. The minimum absolute atomic E-state index is 0.171. The van der Waals surface area contributed by atoms with Gasteiger partial charge >= 0.3 is 0 Å². The van der Waals surface area contributed by atoms with E-state index in [4.69, 9.17) is 0 Å². The van der Waals surface area contributed by atoms with Crippen molar-refractivity contribution < 1.29 is 9.90 Å². The molecule has 3 aliphatic rings. The second-order valence-electron chi connectivity index (χ2n) is 6.80. The molecule has 4 heteroatoms. The van der Waals surface area contributed by atoms with Crippen LogP contribution in [0.4, 0.5) is 0 Å². The van der Waals surface area contributed by atoms with E-state index in [0.717, 1.165) is 58.3 Å². The van der Waals surface area contributed by atoms with Gasteiger partial charge in [-0.05, 0) is 51.5 Å². The van der Waals surface area contributed by atoms with Gasteiger partial charge in [-0.25, -0.2) is 0 Å². The Morgan fingerprint density at radius 1 is 1.21 bits per heavy atom. The predicted molar refractivity (Wildman–Crippen MR) is 73.7 cm³/mol. The summed E-state index contributed by atoms with van der Waals surface area (Å²) < 4.78 is 0. The van der Waals surface area contributed by atoms with Gasteiger partial charge in [0.05, 0.1) is 6.10 Å². The van der Waals surface area contributed by atoms with Crippen LogP contribution in [-0.2, 0) is 4.79 Å². The Morgan fingerprint density at radius 2 is 2.00 bits per heavy atom. The molecule has 2 heterocycles. The third-order valence-electron chi connectivity index (χ3n) is 5.35. The summed E-state index contributed by atoms with van der Waals surface area (Å²) in [5.74, 6) is 0.533. The highest BCUT2D eigenvalue weighted by molar-refractivity contribution is 5.79. The van der Waals surface area contributed by atoms with Gasteiger partial charge in [-0.1, -0.05) is 0 Å². The standard InChI is InChI=1S/C15H26N2O2/c18-13-4-2-12(3-5-13)14(19)17-9-1-6-15(11-17)7-8-16-10-15/h12-13,16,18H,1-11H2/t12?,13?,15-/m1/s1.